The van der Waals surface area contributed by atoms with E-state index in [0.29, 0.717) is 11.4 Å². The van der Waals surface area contributed by atoms with E-state index < -0.39 is 11.8 Å². The van der Waals surface area contributed by atoms with Gasteiger partial charge in [0, 0.05) is 34.7 Å². The molecule has 3 heterocycles. The lowest BCUT2D eigenvalue weighted by molar-refractivity contribution is -0.141. The lowest BCUT2D eigenvalue weighted by Crippen LogP contribution is -2.42. The van der Waals surface area contributed by atoms with Crippen molar-refractivity contribution >= 4 is 46.5 Å². The first-order valence-corrected chi connectivity index (χ1v) is 15.0. The zero-order valence-electron chi connectivity index (χ0n) is 21.5. The molecule has 11 heteroatoms. The molecule has 0 radical (unpaired) electrons. The van der Waals surface area contributed by atoms with Crippen LogP contribution in [-0.4, -0.2) is 46.5 Å². The Morgan fingerprint density at radius 3 is 2.45 bits per heavy atom. The lowest BCUT2D eigenvalue weighted by Gasteiger charge is -2.43. The minimum atomic E-state index is -0.427. The van der Waals surface area contributed by atoms with Gasteiger partial charge in [0.25, 0.3) is 0 Å². The van der Waals surface area contributed by atoms with Crippen LogP contribution < -0.4 is 14.9 Å². The zero-order valence-corrected chi connectivity index (χ0v) is 23.1. The number of nitrogens with zero attached hydrogens (tertiary/aromatic N) is 1. The number of methoxy groups -OCH3 is 1. The fourth-order valence-electron chi connectivity index (χ4n) is 7.45. The number of fused-ring (bicyclic) bond motifs is 9. The number of hydrogen-bond donors (Lipinski definition) is 2. The van der Waals surface area contributed by atoms with Crippen LogP contribution in [0.4, 0.5) is 10.1 Å². The van der Waals surface area contributed by atoms with Gasteiger partial charge in [-0.1, -0.05) is 23.5 Å². The van der Waals surface area contributed by atoms with Crippen LogP contribution in [0.25, 0.3) is 0 Å². The van der Waals surface area contributed by atoms with E-state index in [9.17, 15) is 23.6 Å². The highest BCUT2D eigenvalue weighted by Gasteiger charge is 2.69. The summed E-state index contributed by atoms with van der Waals surface area (Å²) in [6, 6.07) is 13.3. The van der Waals surface area contributed by atoms with Crippen LogP contribution in [0.1, 0.15) is 29.2 Å². The van der Waals surface area contributed by atoms with E-state index in [0.717, 1.165) is 21.9 Å². The summed E-state index contributed by atoms with van der Waals surface area (Å²) in [5, 5.41) is 3.69. The van der Waals surface area contributed by atoms with E-state index in [4.69, 9.17) is 4.74 Å². The number of imide groups is 1. The fraction of sp³-hybridized carbons (Fsp3) is 0.379. The van der Waals surface area contributed by atoms with Crippen molar-refractivity contribution in [3.63, 3.8) is 0 Å². The second kappa shape index (κ2) is 9.59. The van der Waals surface area contributed by atoms with E-state index in [-0.39, 0.29) is 70.3 Å². The monoisotopic (exact) mass is 579 g/mol. The molecule has 7 rings (SSSR count). The highest BCUT2D eigenvalue weighted by molar-refractivity contribution is 8.00. The van der Waals surface area contributed by atoms with Gasteiger partial charge >= 0.3 is 4.87 Å². The van der Waals surface area contributed by atoms with E-state index in [1.807, 2.05) is 0 Å². The average Bonchev–Trinajstić information content (AvgIpc) is 3.68. The van der Waals surface area contributed by atoms with Crippen molar-refractivity contribution in [3.8, 4) is 5.75 Å². The molecule has 3 amide bonds. The minimum absolute atomic E-state index is 0.000855. The molecule has 2 aliphatic carbocycles. The highest BCUT2D eigenvalue weighted by atomic mass is 32.2. The Bertz CT molecular complexity index is 1570. The van der Waals surface area contributed by atoms with Crippen LogP contribution in [0.15, 0.2) is 58.4 Å². The zero-order chi connectivity index (χ0) is 27.7. The molecule has 40 heavy (non-hydrogen) atoms. The van der Waals surface area contributed by atoms with E-state index in [1.54, 1.807) is 55.3 Å². The summed E-state index contributed by atoms with van der Waals surface area (Å²) in [7, 11) is 1.57. The maximum Gasteiger partial charge on any atom is 0.305 e. The van der Waals surface area contributed by atoms with Crippen LogP contribution in [0.2, 0.25) is 0 Å². The van der Waals surface area contributed by atoms with Gasteiger partial charge in [0.1, 0.15) is 11.6 Å². The van der Waals surface area contributed by atoms with Gasteiger partial charge in [0.05, 0.1) is 24.0 Å². The van der Waals surface area contributed by atoms with E-state index >= 15 is 0 Å². The highest BCUT2D eigenvalue weighted by Crippen LogP contribution is 2.68. The Kier molecular flexibility index (Phi) is 6.12. The molecule has 7 atom stereocenters. The molecule has 3 fully saturated rings. The van der Waals surface area contributed by atoms with Gasteiger partial charge < -0.3 is 15.0 Å². The summed E-state index contributed by atoms with van der Waals surface area (Å²) in [6.07, 6.45) is 0.786. The molecule has 2 aromatic carbocycles. The number of ether oxygens (including phenoxy) is 1. The molecule has 2 aliphatic heterocycles. The molecule has 4 aliphatic rings. The van der Waals surface area contributed by atoms with Gasteiger partial charge in [0.2, 0.25) is 17.7 Å². The van der Waals surface area contributed by atoms with Crippen LogP contribution in [0.5, 0.6) is 5.75 Å². The maximum atomic E-state index is 13.8. The molecular formula is C29H26FN3O5S2. The summed E-state index contributed by atoms with van der Waals surface area (Å²) >= 11 is 2.79. The first kappa shape index (κ1) is 25.5. The number of nitrogens with one attached hydrogen (secondary N) is 2. The normalized spacial score (nSPS) is 29.8. The molecule has 206 valence electrons. The van der Waals surface area contributed by atoms with Crippen molar-refractivity contribution in [2.24, 2.45) is 29.6 Å². The van der Waals surface area contributed by atoms with Crippen LogP contribution >= 0.6 is 23.1 Å². The number of H-pyrrole nitrogens is 1. The number of anilines is 1. The summed E-state index contributed by atoms with van der Waals surface area (Å²) in [5.74, 6) is -1.28. The Labute approximate surface area is 237 Å². The molecule has 0 spiro atoms. The van der Waals surface area contributed by atoms with Crippen molar-refractivity contribution in [2.45, 2.75) is 29.0 Å². The molecule has 8 nitrogen and oxygen atoms in total. The van der Waals surface area contributed by atoms with E-state index in [2.05, 4.69) is 10.3 Å². The molecular weight excluding hydrogens is 553 g/mol. The summed E-state index contributed by atoms with van der Waals surface area (Å²) < 4.78 is 18.9. The number of hydrogen-bond acceptors (Lipinski definition) is 7. The van der Waals surface area contributed by atoms with Gasteiger partial charge in [-0.2, -0.15) is 0 Å². The molecule has 1 saturated heterocycles. The number of thiazole rings is 1. The Morgan fingerprint density at radius 2 is 1.75 bits per heavy atom. The number of carbonyl (C=O) groups is 3. The van der Waals surface area contributed by atoms with Crippen LogP contribution in [0.3, 0.4) is 0 Å². The second-order valence-corrected chi connectivity index (χ2v) is 13.1. The lowest BCUT2D eigenvalue weighted by atomic mass is 9.68. The number of carbonyl (C=O) groups excluding carboxylic acids is 3. The molecule has 1 aromatic heterocycles. The van der Waals surface area contributed by atoms with Crippen LogP contribution in [-0.2, 0) is 14.4 Å². The van der Waals surface area contributed by atoms with E-state index in [1.165, 1.54) is 28.4 Å². The molecule has 2 N–H and O–H groups in total. The summed E-state index contributed by atoms with van der Waals surface area (Å²) in [6.45, 7) is 0.0383. The van der Waals surface area contributed by atoms with Gasteiger partial charge in [-0.05, 0) is 66.1 Å². The fourth-order valence-corrected chi connectivity index (χ4v) is 10.3. The molecule has 2 bridgehead atoms. The minimum Gasteiger partial charge on any atom is -0.497 e. The number of halogens is 1. The van der Waals surface area contributed by atoms with Crippen LogP contribution in [0, 0.1) is 35.4 Å². The number of likely N-dealkylation sites (tertiary alicyclic amines) is 1. The predicted molar refractivity (Wildman–Crippen MR) is 148 cm³/mol. The number of benzene rings is 2. The standard InChI is InChI=1S/C29H26FN3O5S2/c1-38-16-8-6-15(7-9-16)31-19(34)10-11-33-27(35)22-17-12-18(23(22)28(33)36)24-21(17)20(13-2-4-14(30)5-3-13)25-26(39-24)32-29(37)40-25/h2-9,17-18,20-24H,10-12H2,1H3,(H,31,34)(H,32,37). The second-order valence-electron chi connectivity index (χ2n) is 10.9. The van der Waals surface area contributed by atoms with Crippen molar-refractivity contribution in [2.75, 3.05) is 19.0 Å². The topological polar surface area (TPSA) is 109 Å². The third-order valence-corrected chi connectivity index (χ3v) is 11.6. The molecule has 3 aromatic rings. The first-order chi connectivity index (χ1) is 19.3. The Hall–Kier alpha value is -3.44. The van der Waals surface area contributed by atoms with Gasteiger partial charge in [-0.25, -0.2) is 4.39 Å². The number of amides is 3. The summed E-state index contributed by atoms with van der Waals surface area (Å²) in [5.41, 5.74) is 1.53. The number of rotatable bonds is 6. The SMILES string of the molecule is COc1ccc(NC(=O)CCN2C(=O)C3C4CC(C3C2=O)C2C(c3ccc(F)cc3)c3sc(=O)[nH]c3SC42)cc1. The van der Waals surface area contributed by atoms with Gasteiger partial charge in [-0.15, -0.1) is 11.8 Å². The van der Waals surface area contributed by atoms with Gasteiger partial charge in [-0.3, -0.25) is 24.1 Å². The number of aromatic nitrogens is 1. The quantitative estimate of drug-likeness (QED) is 0.426. The smallest absolute Gasteiger partial charge is 0.305 e. The first-order valence-electron chi connectivity index (χ1n) is 13.3. The number of aromatic amines is 1. The van der Waals surface area contributed by atoms with Crippen molar-refractivity contribution < 1.29 is 23.5 Å². The Morgan fingerprint density at radius 1 is 1.05 bits per heavy atom. The van der Waals surface area contributed by atoms with Crippen molar-refractivity contribution in [1.82, 2.24) is 9.88 Å². The predicted octanol–water partition coefficient (Wildman–Crippen LogP) is 4.09. The Balaban J connectivity index is 1.12. The summed E-state index contributed by atoms with van der Waals surface area (Å²) in [4.78, 5) is 57.3. The third kappa shape index (κ3) is 3.93. The third-order valence-electron chi connectivity index (χ3n) is 8.98. The maximum absolute atomic E-state index is 13.8. The number of thioether (sulfide) groups is 1. The van der Waals surface area contributed by atoms with Crippen molar-refractivity contribution in [3.05, 3.63) is 74.5 Å². The van der Waals surface area contributed by atoms with Gasteiger partial charge in [0.15, 0.2) is 0 Å². The van der Waals surface area contributed by atoms with Crippen molar-refractivity contribution in [1.29, 1.82) is 0 Å². The average molecular weight is 580 g/mol. The molecule has 2 saturated carbocycles. The molecule has 7 unspecified atom stereocenters. The largest absolute Gasteiger partial charge is 0.497 e.